The zero-order valence-electron chi connectivity index (χ0n) is 11.4. The van der Waals surface area contributed by atoms with E-state index in [1.165, 1.54) is 5.56 Å². The van der Waals surface area contributed by atoms with Crippen molar-refractivity contribution in [1.82, 2.24) is 15.3 Å². The van der Waals surface area contributed by atoms with Crippen LogP contribution >= 0.6 is 0 Å². The Morgan fingerprint density at radius 2 is 1.89 bits per heavy atom. The van der Waals surface area contributed by atoms with Crippen molar-refractivity contribution in [2.45, 2.75) is 26.3 Å². The topological polar surface area (TPSA) is 63.8 Å². The predicted molar refractivity (Wildman–Crippen MR) is 77.8 cm³/mol. The minimum Gasteiger partial charge on any atom is -0.398 e. The van der Waals surface area contributed by atoms with Gasteiger partial charge in [-0.05, 0) is 43.1 Å². The Hall–Kier alpha value is -1.94. The van der Waals surface area contributed by atoms with Crippen molar-refractivity contribution in [3.05, 3.63) is 53.6 Å². The zero-order chi connectivity index (χ0) is 13.7. The van der Waals surface area contributed by atoms with Crippen LogP contribution in [0.15, 0.2) is 36.9 Å². The minimum atomic E-state index is 0.0663. The Balaban J connectivity index is 2.42. The highest BCUT2D eigenvalue weighted by molar-refractivity contribution is 5.50. The SMILES string of the molecule is CCCNC(c1ccncc1C)c1cnccc1N. The number of rotatable bonds is 5. The standard InChI is InChI=1S/C15H20N4/c1-3-6-19-15(12-4-7-17-9-11(12)2)13-10-18-8-5-14(13)16/h4-5,7-10,15,19H,3,6H2,1-2H3,(H2,16,18). The Morgan fingerprint density at radius 3 is 2.58 bits per heavy atom. The number of hydrogen-bond acceptors (Lipinski definition) is 4. The maximum absolute atomic E-state index is 6.08. The number of anilines is 1. The van der Waals surface area contributed by atoms with Gasteiger partial charge in [-0.25, -0.2) is 0 Å². The van der Waals surface area contributed by atoms with Crippen LogP contribution in [0.2, 0.25) is 0 Å². The molecule has 2 aromatic heterocycles. The molecule has 0 saturated carbocycles. The van der Waals surface area contributed by atoms with Crippen LogP contribution in [0, 0.1) is 6.92 Å². The third-order valence-electron chi connectivity index (χ3n) is 3.17. The third-order valence-corrected chi connectivity index (χ3v) is 3.17. The highest BCUT2D eigenvalue weighted by Gasteiger charge is 2.17. The van der Waals surface area contributed by atoms with E-state index in [1.807, 2.05) is 30.7 Å². The predicted octanol–water partition coefficient (Wildman–Crippen LogP) is 2.46. The van der Waals surface area contributed by atoms with E-state index in [2.05, 4.69) is 29.1 Å². The molecule has 0 spiro atoms. The Labute approximate surface area is 114 Å². The molecule has 0 aliphatic rings. The van der Waals surface area contributed by atoms with Crippen LogP contribution in [0.1, 0.15) is 36.1 Å². The normalized spacial score (nSPS) is 12.3. The highest BCUT2D eigenvalue weighted by atomic mass is 14.9. The van der Waals surface area contributed by atoms with Gasteiger partial charge in [0.15, 0.2) is 0 Å². The number of nitrogen functional groups attached to an aromatic ring is 1. The smallest absolute Gasteiger partial charge is 0.0616 e. The molecule has 0 bridgehead atoms. The van der Waals surface area contributed by atoms with Gasteiger partial charge in [0.2, 0.25) is 0 Å². The summed E-state index contributed by atoms with van der Waals surface area (Å²) in [6, 6.07) is 3.94. The first kappa shape index (κ1) is 13.5. The first-order chi connectivity index (χ1) is 9.24. The van der Waals surface area contributed by atoms with E-state index in [4.69, 9.17) is 5.73 Å². The lowest BCUT2D eigenvalue weighted by Gasteiger charge is -2.22. The lowest BCUT2D eigenvalue weighted by Crippen LogP contribution is -2.25. The molecule has 4 nitrogen and oxygen atoms in total. The molecule has 4 heteroatoms. The molecular formula is C15H20N4. The molecule has 2 aromatic rings. The summed E-state index contributed by atoms with van der Waals surface area (Å²) >= 11 is 0. The van der Waals surface area contributed by atoms with Crippen molar-refractivity contribution in [3.63, 3.8) is 0 Å². The fourth-order valence-electron chi connectivity index (χ4n) is 2.14. The minimum absolute atomic E-state index is 0.0663. The number of nitrogens with zero attached hydrogens (tertiary/aromatic N) is 2. The average Bonchev–Trinajstić information content (AvgIpc) is 2.42. The Morgan fingerprint density at radius 1 is 1.16 bits per heavy atom. The largest absolute Gasteiger partial charge is 0.398 e. The Bertz CT molecular complexity index is 494. The van der Waals surface area contributed by atoms with E-state index in [0.29, 0.717) is 0 Å². The van der Waals surface area contributed by atoms with Gasteiger partial charge in [-0.2, -0.15) is 0 Å². The van der Waals surface area contributed by atoms with Gasteiger partial charge in [0.1, 0.15) is 0 Å². The van der Waals surface area contributed by atoms with Crippen molar-refractivity contribution >= 4 is 5.69 Å². The first-order valence-corrected chi connectivity index (χ1v) is 6.57. The molecule has 100 valence electrons. The van der Waals surface area contributed by atoms with E-state index in [9.17, 15) is 0 Å². The van der Waals surface area contributed by atoms with Crippen LogP contribution < -0.4 is 11.1 Å². The number of hydrogen-bond donors (Lipinski definition) is 2. The van der Waals surface area contributed by atoms with E-state index in [0.717, 1.165) is 29.8 Å². The summed E-state index contributed by atoms with van der Waals surface area (Å²) < 4.78 is 0. The van der Waals surface area contributed by atoms with Crippen LogP contribution in [0.5, 0.6) is 0 Å². The lowest BCUT2D eigenvalue weighted by atomic mass is 9.96. The second kappa shape index (κ2) is 6.29. The number of nitrogens with one attached hydrogen (secondary N) is 1. The van der Waals surface area contributed by atoms with Gasteiger partial charge in [-0.1, -0.05) is 6.92 Å². The van der Waals surface area contributed by atoms with Gasteiger partial charge >= 0.3 is 0 Å². The summed E-state index contributed by atoms with van der Waals surface area (Å²) in [6.45, 7) is 5.15. The van der Waals surface area contributed by atoms with Gasteiger partial charge in [-0.3, -0.25) is 9.97 Å². The van der Waals surface area contributed by atoms with Crippen molar-refractivity contribution < 1.29 is 0 Å². The zero-order valence-corrected chi connectivity index (χ0v) is 11.4. The molecule has 0 aliphatic heterocycles. The average molecular weight is 256 g/mol. The van der Waals surface area contributed by atoms with Crippen LogP contribution in [-0.2, 0) is 0 Å². The van der Waals surface area contributed by atoms with Gasteiger partial charge < -0.3 is 11.1 Å². The molecule has 3 N–H and O–H groups in total. The number of pyridine rings is 2. The van der Waals surface area contributed by atoms with Crippen molar-refractivity contribution in [1.29, 1.82) is 0 Å². The summed E-state index contributed by atoms with van der Waals surface area (Å²) in [5, 5.41) is 3.54. The maximum Gasteiger partial charge on any atom is 0.0616 e. The number of aromatic nitrogens is 2. The lowest BCUT2D eigenvalue weighted by molar-refractivity contribution is 0.595. The molecule has 19 heavy (non-hydrogen) atoms. The fourth-order valence-corrected chi connectivity index (χ4v) is 2.14. The monoisotopic (exact) mass is 256 g/mol. The van der Waals surface area contributed by atoms with Gasteiger partial charge in [0.05, 0.1) is 6.04 Å². The van der Waals surface area contributed by atoms with Crippen LogP contribution in [0.3, 0.4) is 0 Å². The molecule has 0 fully saturated rings. The fraction of sp³-hybridized carbons (Fsp3) is 0.333. The summed E-state index contributed by atoms with van der Waals surface area (Å²) in [6.07, 6.45) is 8.32. The van der Waals surface area contributed by atoms with Crippen LogP contribution in [0.25, 0.3) is 0 Å². The van der Waals surface area contributed by atoms with Crippen molar-refractivity contribution in [2.75, 3.05) is 12.3 Å². The van der Waals surface area contributed by atoms with E-state index in [-0.39, 0.29) is 6.04 Å². The molecule has 2 heterocycles. The molecule has 0 amide bonds. The van der Waals surface area contributed by atoms with Crippen molar-refractivity contribution in [2.24, 2.45) is 0 Å². The summed E-state index contributed by atoms with van der Waals surface area (Å²) in [4.78, 5) is 8.34. The molecular weight excluding hydrogens is 236 g/mol. The molecule has 0 radical (unpaired) electrons. The summed E-state index contributed by atoms with van der Waals surface area (Å²) in [5.74, 6) is 0. The molecule has 0 saturated heterocycles. The van der Waals surface area contributed by atoms with E-state index >= 15 is 0 Å². The van der Waals surface area contributed by atoms with Crippen LogP contribution in [-0.4, -0.2) is 16.5 Å². The van der Waals surface area contributed by atoms with E-state index in [1.54, 1.807) is 6.20 Å². The van der Waals surface area contributed by atoms with E-state index < -0.39 is 0 Å². The molecule has 1 atom stereocenters. The molecule has 0 aliphatic carbocycles. The van der Waals surface area contributed by atoms with Crippen LogP contribution in [0.4, 0.5) is 5.69 Å². The highest BCUT2D eigenvalue weighted by Crippen LogP contribution is 2.27. The third kappa shape index (κ3) is 3.09. The van der Waals surface area contributed by atoms with Gasteiger partial charge in [-0.15, -0.1) is 0 Å². The van der Waals surface area contributed by atoms with Gasteiger partial charge in [0.25, 0.3) is 0 Å². The maximum atomic E-state index is 6.08. The quantitative estimate of drug-likeness (QED) is 0.862. The summed E-state index contributed by atoms with van der Waals surface area (Å²) in [5.41, 5.74) is 10.2. The van der Waals surface area contributed by atoms with Gasteiger partial charge in [0, 0.05) is 36.0 Å². The summed E-state index contributed by atoms with van der Waals surface area (Å²) in [7, 11) is 0. The first-order valence-electron chi connectivity index (χ1n) is 6.57. The molecule has 1 unspecified atom stereocenters. The second-order valence-corrected chi connectivity index (χ2v) is 4.62. The Kier molecular flexibility index (Phi) is 4.47. The number of aryl methyl sites for hydroxylation is 1. The molecule has 0 aromatic carbocycles. The van der Waals surface area contributed by atoms with Crippen molar-refractivity contribution in [3.8, 4) is 0 Å². The second-order valence-electron chi connectivity index (χ2n) is 4.62. The number of nitrogens with two attached hydrogens (primary N) is 1. The molecule has 2 rings (SSSR count).